The van der Waals surface area contributed by atoms with Crippen LogP contribution in [0.5, 0.6) is 0 Å². The number of benzene rings is 1. The van der Waals surface area contributed by atoms with Crippen LogP contribution in [0.2, 0.25) is 0 Å². The molecular weight excluding hydrogens is 234 g/mol. The van der Waals surface area contributed by atoms with E-state index in [9.17, 15) is 8.42 Å². The summed E-state index contributed by atoms with van der Waals surface area (Å²) in [6.45, 7) is 0.930. The highest BCUT2D eigenvalue weighted by molar-refractivity contribution is 7.91. The standard InChI is InChI=1S/C13H17NO2S/c15-17(16)9-12(14-8-7-10-5-6-10)11-3-1-2-4-13(11)17/h1-4,10,12,14H,5-9H2. The predicted molar refractivity (Wildman–Crippen MR) is 66.6 cm³/mol. The molecule has 3 rings (SSSR count). The van der Waals surface area contributed by atoms with Crippen molar-refractivity contribution >= 4 is 9.84 Å². The lowest BCUT2D eigenvalue weighted by atomic mass is 10.1. The van der Waals surface area contributed by atoms with E-state index in [0.717, 1.165) is 18.0 Å². The number of nitrogens with one attached hydrogen (secondary N) is 1. The summed E-state index contributed by atoms with van der Waals surface area (Å²) in [4.78, 5) is 0.518. The van der Waals surface area contributed by atoms with Gasteiger partial charge in [0.15, 0.2) is 9.84 Å². The van der Waals surface area contributed by atoms with Crippen LogP contribution in [0.4, 0.5) is 0 Å². The van der Waals surface area contributed by atoms with Gasteiger partial charge in [0.05, 0.1) is 10.6 Å². The molecule has 17 heavy (non-hydrogen) atoms. The minimum atomic E-state index is -3.05. The molecule has 92 valence electrons. The van der Waals surface area contributed by atoms with Crippen molar-refractivity contribution in [1.82, 2.24) is 5.32 Å². The second-order valence-electron chi connectivity index (χ2n) is 5.06. The molecule has 1 fully saturated rings. The van der Waals surface area contributed by atoms with Gasteiger partial charge in [0.1, 0.15) is 0 Å². The first kappa shape index (κ1) is 11.2. The van der Waals surface area contributed by atoms with Gasteiger partial charge in [-0.15, -0.1) is 0 Å². The van der Waals surface area contributed by atoms with Gasteiger partial charge in [-0.05, 0) is 30.5 Å². The van der Waals surface area contributed by atoms with E-state index >= 15 is 0 Å². The summed E-state index contributed by atoms with van der Waals surface area (Å²) >= 11 is 0. The van der Waals surface area contributed by atoms with Gasteiger partial charge < -0.3 is 5.32 Å². The molecular formula is C13H17NO2S. The third-order valence-electron chi connectivity index (χ3n) is 3.66. The van der Waals surface area contributed by atoms with Crippen molar-refractivity contribution in [2.45, 2.75) is 30.2 Å². The van der Waals surface area contributed by atoms with Gasteiger partial charge in [-0.25, -0.2) is 8.42 Å². The molecule has 1 aliphatic heterocycles. The van der Waals surface area contributed by atoms with Crippen molar-refractivity contribution in [2.24, 2.45) is 5.92 Å². The summed E-state index contributed by atoms with van der Waals surface area (Å²) in [6, 6.07) is 7.34. The summed E-state index contributed by atoms with van der Waals surface area (Å²) < 4.78 is 23.9. The predicted octanol–water partition coefficient (Wildman–Crippen LogP) is 1.90. The molecule has 0 bridgehead atoms. The van der Waals surface area contributed by atoms with Gasteiger partial charge in [0, 0.05) is 6.04 Å². The Morgan fingerprint density at radius 2 is 2.00 bits per heavy atom. The first-order chi connectivity index (χ1) is 8.17. The van der Waals surface area contributed by atoms with Crippen LogP contribution >= 0.6 is 0 Å². The maximum atomic E-state index is 11.9. The zero-order chi connectivity index (χ0) is 11.9. The Morgan fingerprint density at radius 1 is 1.24 bits per heavy atom. The summed E-state index contributed by atoms with van der Waals surface area (Å²) in [6.07, 6.45) is 3.88. The molecule has 1 heterocycles. The van der Waals surface area contributed by atoms with E-state index in [1.807, 2.05) is 12.1 Å². The molecule has 1 atom stereocenters. The molecule has 0 spiro atoms. The fourth-order valence-electron chi connectivity index (χ4n) is 2.49. The Balaban J connectivity index is 1.74. The Hall–Kier alpha value is -0.870. The third kappa shape index (κ3) is 2.24. The van der Waals surface area contributed by atoms with Crippen molar-refractivity contribution in [3.05, 3.63) is 29.8 Å². The van der Waals surface area contributed by atoms with Crippen LogP contribution in [-0.2, 0) is 9.84 Å². The van der Waals surface area contributed by atoms with Gasteiger partial charge in [-0.1, -0.05) is 31.0 Å². The average molecular weight is 251 g/mol. The summed E-state index contributed by atoms with van der Waals surface area (Å²) in [5.41, 5.74) is 0.947. The van der Waals surface area contributed by atoms with Gasteiger partial charge in [-0.3, -0.25) is 0 Å². The van der Waals surface area contributed by atoms with Crippen LogP contribution in [0.1, 0.15) is 30.9 Å². The second kappa shape index (κ2) is 4.10. The summed E-state index contributed by atoms with van der Waals surface area (Å²) in [7, 11) is -3.05. The van der Waals surface area contributed by atoms with Crippen molar-refractivity contribution in [2.75, 3.05) is 12.3 Å². The molecule has 1 unspecified atom stereocenters. The second-order valence-corrected chi connectivity index (χ2v) is 7.06. The lowest BCUT2D eigenvalue weighted by Crippen LogP contribution is -2.24. The van der Waals surface area contributed by atoms with Gasteiger partial charge in [-0.2, -0.15) is 0 Å². The normalized spacial score (nSPS) is 25.8. The van der Waals surface area contributed by atoms with Crippen LogP contribution in [0.3, 0.4) is 0 Å². The minimum Gasteiger partial charge on any atom is -0.309 e. The quantitative estimate of drug-likeness (QED) is 0.889. The molecule has 0 amide bonds. The van der Waals surface area contributed by atoms with Crippen molar-refractivity contribution in [3.8, 4) is 0 Å². The zero-order valence-electron chi connectivity index (χ0n) is 9.72. The summed E-state index contributed by atoms with van der Waals surface area (Å²) in [5.74, 6) is 1.10. The molecule has 1 aromatic carbocycles. The fraction of sp³-hybridized carbons (Fsp3) is 0.538. The number of rotatable bonds is 4. The van der Waals surface area contributed by atoms with E-state index in [-0.39, 0.29) is 11.8 Å². The van der Waals surface area contributed by atoms with Crippen LogP contribution < -0.4 is 5.32 Å². The molecule has 0 aromatic heterocycles. The highest BCUT2D eigenvalue weighted by atomic mass is 32.2. The molecule has 0 radical (unpaired) electrons. The Bertz CT molecular complexity index is 520. The smallest absolute Gasteiger partial charge is 0.180 e. The molecule has 4 heteroatoms. The van der Waals surface area contributed by atoms with E-state index in [4.69, 9.17) is 0 Å². The lowest BCUT2D eigenvalue weighted by Gasteiger charge is -2.11. The average Bonchev–Trinajstić information content (AvgIpc) is 3.07. The first-order valence-corrected chi connectivity index (χ1v) is 7.87. The molecule has 1 N–H and O–H groups in total. The topological polar surface area (TPSA) is 46.2 Å². The Morgan fingerprint density at radius 3 is 2.76 bits per heavy atom. The van der Waals surface area contributed by atoms with E-state index < -0.39 is 9.84 Å². The lowest BCUT2D eigenvalue weighted by molar-refractivity contribution is 0.539. The third-order valence-corrected chi connectivity index (χ3v) is 5.47. The van der Waals surface area contributed by atoms with Crippen LogP contribution in [0.25, 0.3) is 0 Å². The minimum absolute atomic E-state index is 0.00468. The Labute approximate surface area is 102 Å². The number of hydrogen-bond acceptors (Lipinski definition) is 3. The van der Waals surface area contributed by atoms with E-state index in [0.29, 0.717) is 4.90 Å². The number of sulfone groups is 1. The maximum absolute atomic E-state index is 11.9. The highest BCUT2D eigenvalue weighted by Crippen LogP contribution is 2.34. The van der Waals surface area contributed by atoms with Crippen LogP contribution in [-0.4, -0.2) is 20.7 Å². The van der Waals surface area contributed by atoms with E-state index in [1.54, 1.807) is 12.1 Å². The number of hydrogen-bond donors (Lipinski definition) is 1. The van der Waals surface area contributed by atoms with Crippen molar-refractivity contribution in [1.29, 1.82) is 0 Å². The maximum Gasteiger partial charge on any atom is 0.180 e. The number of fused-ring (bicyclic) bond motifs is 1. The largest absolute Gasteiger partial charge is 0.309 e. The van der Waals surface area contributed by atoms with Crippen molar-refractivity contribution < 1.29 is 8.42 Å². The zero-order valence-corrected chi connectivity index (χ0v) is 10.5. The Kier molecular flexibility index (Phi) is 2.71. The molecule has 2 aliphatic rings. The molecule has 1 aliphatic carbocycles. The van der Waals surface area contributed by atoms with E-state index in [1.165, 1.54) is 19.3 Å². The van der Waals surface area contributed by atoms with Crippen LogP contribution in [0.15, 0.2) is 29.2 Å². The molecule has 1 aromatic rings. The molecule has 0 saturated heterocycles. The van der Waals surface area contributed by atoms with Gasteiger partial charge in [0.2, 0.25) is 0 Å². The monoisotopic (exact) mass is 251 g/mol. The van der Waals surface area contributed by atoms with Crippen molar-refractivity contribution in [3.63, 3.8) is 0 Å². The fourth-order valence-corrected chi connectivity index (χ4v) is 4.26. The molecule has 1 saturated carbocycles. The highest BCUT2D eigenvalue weighted by Gasteiger charge is 2.34. The first-order valence-electron chi connectivity index (χ1n) is 6.22. The van der Waals surface area contributed by atoms with Gasteiger partial charge in [0.25, 0.3) is 0 Å². The van der Waals surface area contributed by atoms with Crippen LogP contribution in [0, 0.1) is 5.92 Å². The SMILES string of the molecule is O=S1(=O)CC(NCCC2CC2)c2ccccc21. The summed E-state index contributed by atoms with van der Waals surface area (Å²) in [5, 5.41) is 3.39. The van der Waals surface area contributed by atoms with Gasteiger partial charge >= 0.3 is 0 Å². The molecule has 3 nitrogen and oxygen atoms in total. The van der Waals surface area contributed by atoms with E-state index in [2.05, 4.69) is 5.32 Å².